The zero-order valence-corrected chi connectivity index (χ0v) is 16.5. The van der Waals surface area contributed by atoms with Gasteiger partial charge in [0.25, 0.3) is 0 Å². The number of aryl methyl sites for hydroxylation is 1. The van der Waals surface area contributed by atoms with E-state index in [1.54, 1.807) is 0 Å². The molecule has 5 rings (SSSR count). The standard InChI is InChI=1S/C21H22F3N5O/c22-21(23,24)19-6-5-14(8-25-19)28-9-13(10-28)7-20(30)29-11-16-15-3-1-2-4-17(15)26-27-18(16)12-29/h5-6,8,13H,1-4,7,9-12H2. The van der Waals surface area contributed by atoms with E-state index in [0.29, 0.717) is 38.3 Å². The van der Waals surface area contributed by atoms with Crippen molar-refractivity contribution in [3.63, 3.8) is 0 Å². The highest BCUT2D eigenvalue weighted by molar-refractivity contribution is 5.77. The Morgan fingerprint density at radius 1 is 1.03 bits per heavy atom. The molecule has 4 heterocycles. The van der Waals surface area contributed by atoms with Crippen LogP contribution in [0.4, 0.5) is 18.9 Å². The molecule has 6 nitrogen and oxygen atoms in total. The van der Waals surface area contributed by atoms with E-state index in [4.69, 9.17) is 0 Å². The number of rotatable bonds is 3. The quantitative estimate of drug-likeness (QED) is 0.768. The highest BCUT2D eigenvalue weighted by Gasteiger charge is 2.35. The lowest BCUT2D eigenvalue weighted by Gasteiger charge is -2.41. The summed E-state index contributed by atoms with van der Waals surface area (Å²) in [6.45, 7) is 2.43. The molecule has 0 radical (unpaired) electrons. The molecule has 1 fully saturated rings. The minimum atomic E-state index is -4.43. The van der Waals surface area contributed by atoms with Gasteiger partial charge in [0.05, 0.1) is 29.8 Å². The number of carbonyl (C=O) groups excluding carboxylic acids is 1. The number of nitrogens with zero attached hydrogens (tertiary/aromatic N) is 5. The first-order chi connectivity index (χ1) is 14.4. The zero-order chi connectivity index (χ0) is 20.9. The number of halogens is 3. The van der Waals surface area contributed by atoms with E-state index in [9.17, 15) is 18.0 Å². The van der Waals surface area contributed by atoms with Crippen molar-refractivity contribution in [3.05, 3.63) is 46.5 Å². The zero-order valence-electron chi connectivity index (χ0n) is 16.5. The second-order valence-electron chi connectivity index (χ2n) is 8.38. The lowest BCUT2D eigenvalue weighted by atomic mass is 9.92. The molecule has 0 atom stereocenters. The van der Waals surface area contributed by atoms with Crippen molar-refractivity contribution >= 4 is 11.6 Å². The molecule has 0 N–H and O–H groups in total. The van der Waals surface area contributed by atoms with Gasteiger partial charge in [-0.3, -0.25) is 4.79 Å². The maximum atomic E-state index is 12.8. The third-order valence-electron chi connectivity index (χ3n) is 6.31. The van der Waals surface area contributed by atoms with Crippen LogP contribution in [0.3, 0.4) is 0 Å². The van der Waals surface area contributed by atoms with E-state index in [2.05, 4.69) is 15.2 Å². The summed E-state index contributed by atoms with van der Waals surface area (Å²) in [5, 5.41) is 8.72. The summed E-state index contributed by atoms with van der Waals surface area (Å²) in [7, 11) is 0. The van der Waals surface area contributed by atoms with Gasteiger partial charge in [-0.2, -0.15) is 23.4 Å². The molecule has 0 bridgehead atoms. The molecule has 3 aliphatic rings. The molecule has 0 saturated carbocycles. The molecule has 2 aromatic rings. The van der Waals surface area contributed by atoms with E-state index in [0.717, 1.165) is 43.1 Å². The summed E-state index contributed by atoms with van der Waals surface area (Å²) < 4.78 is 37.9. The Bertz CT molecular complexity index is 970. The normalized spacial score (nSPS) is 18.8. The monoisotopic (exact) mass is 417 g/mol. The minimum Gasteiger partial charge on any atom is -0.370 e. The Morgan fingerprint density at radius 2 is 1.80 bits per heavy atom. The van der Waals surface area contributed by atoms with Crippen LogP contribution in [0.5, 0.6) is 0 Å². The molecule has 30 heavy (non-hydrogen) atoms. The summed E-state index contributed by atoms with van der Waals surface area (Å²) >= 11 is 0. The topological polar surface area (TPSA) is 62.2 Å². The maximum absolute atomic E-state index is 12.8. The summed E-state index contributed by atoms with van der Waals surface area (Å²) in [4.78, 5) is 20.1. The van der Waals surface area contributed by atoms with Gasteiger partial charge in [0.2, 0.25) is 5.91 Å². The van der Waals surface area contributed by atoms with Gasteiger partial charge >= 0.3 is 6.18 Å². The van der Waals surface area contributed by atoms with Crippen LogP contribution in [0, 0.1) is 5.92 Å². The Morgan fingerprint density at radius 3 is 2.53 bits per heavy atom. The van der Waals surface area contributed by atoms with Gasteiger partial charge in [-0.1, -0.05) is 0 Å². The second kappa shape index (κ2) is 7.21. The van der Waals surface area contributed by atoms with Crippen molar-refractivity contribution < 1.29 is 18.0 Å². The number of aromatic nitrogens is 3. The van der Waals surface area contributed by atoms with Crippen LogP contribution in [-0.4, -0.2) is 39.1 Å². The predicted octanol–water partition coefficient (Wildman–Crippen LogP) is 3.14. The van der Waals surface area contributed by atoms with Crippen LogP contribution in [0.2, 0.25) is 0 Å². The van der Waals surface area contributed by atoms with E-state index < -0.39 is 11.9 Å². The number of alkyl halides is 3. The van der Waals surface area contributed by atoms with Crippen LogP contribution >= 0.6 is 0 Å². The number of fused-ring (bicyclic) bond motifs is 3. The Hall–Kier alpha value is -2.71. The van der Waals surface area contributed by atoms with E-state index in [1.807, 2.05) is 9.80 Å². The van der Waals surface area contributed by atoms with Gasteiger partial charge in [-0.25, -0.2) is 4.98 Å². The second-order valence-corrected chi connectivity index (χ2v) is 8.38. The first-order valence-corrected chi connectivity index (χ1v) is 10.3. The van der Waals surface area contributed by atoms with Crippen LogP contribution in [0.15, 0.2) is 18.3 Å². The van der Waals surface area contributed by atoms with Crippen LogP contribution in [0.25, 0.3) is 0 Å². The number of hydrogen-bond donors (Lipinski definition) is 0. The molecule has 0 unspecified atom stereocenters. The first-order valence-electron chi connectivity index (χ1n) is 10.3. The maximum Gasteiger partial charge on any atom is 0.433 e. The predicted molar refractivity (Wildman–Crippen MR) is 102 cm³/mol. The van der Waals surface area contributed by atoms with Crippen LogP contribution in [-0.2, 0) is 36.9 Å². The van der Waals surface area contributed by atoms with E-state index >= 15 is 0 Å². The molecule has 2 aliphatic heterocycles. The fraction of sp³-hybridized carbons (Fsp3) is 0.524. The average Bonchev–Trinajstić information content (AvgIpc) is 3.15. The Labute approximate surface area is 172 Å². The SMILES string of the molecule is O=C(CC1CN(c2ccc(C(F)(F)F)nc2)C1)N1Cc2nnc3c(c2C1)CCCC3. The smallest absolute Gasteiger partial charge is 0.370 e. The molecule has 0 aromatic carbocycles. The van der Waals surface area contributed by atoms with E-state index in [-0.39, 0.29) is 11.8 Å². The molecule has 158 valence electrons. The fourth-order valence-electron chi connectivity index (χ4n) is 4.62. The summed E-state index contributed by atoms with van der Waals surface area (Å²) in [5.74, 6) is 0.302. The summed E-state index contributed by atoms with van der Waals surface area (Å²) in [6, 6.07) is 2.43. The molecule has 9 heteroatoms. The van der Waals surface area contributed by atoms with Gasteiger partial charge < -0.3 is 9.80 Å². The first kappa shape index (κ1) is 19.3. The van der Waals surface area contributed by atoms with Crippen LogP contribution in [0.1, 0.15) is 47.5 Å². The van der Waals surface area contributed by atoms with Crippen molar-refractivity contribution in [1.29, 1.82) is 0 Å². The van der Waals surface area contributed by atoms with Crippen molar-refractivity contribution in [2.24, 2.45) is 5.92 Å². The molecular weight excluding hydrogens is 395 g/mol. The van der Waals surface area contributed by atoms with Crippen molar-refractivity contribution in [3.8, 4) is 0 Å². The third kappa shape index (κ3) is 3.50. The van der Waals surface area contributed by atoms with Gasteiger partial charge in [-0.05, 0) is 43.4 Å². The van der Waals surface area contributed by atoms with Crippen LogP contribution < -0.4 is 4.90 Å². The minimum absolute atomic E-state index is 0.104. The van der Waals surface area contributed by atoms with Gasteiger partial charge in [0, 0.05) is 37.5 Å². The highest BCUT2D eigenvalue weighted by Crippen LogP contribution is 2.33. The fourth-order valence-corrected chi connectivity index (χ4v) is 4.62. The Kier molecular flexibility index (Phi) is 4.63. The Balaban J connectivity index is 1.16. The van der Waals surface area contributed by atoms with Crippen molar-refractivity contribution in [1.82, 2.24) is 20.1 Å². The van der Waals surface area contributed by atoms with Crippen molar-refractivity contribution in [2.75, 3.05) is 18.0 Å². The molecule has 1 aliphatic carbocycles. The van der Waals surface area contributed by atoms with E-state index in [1.165, 1.54) is 23.4 Å². The number of anilines is 1. The largest absolute Gasteiger partial charge is 0.433 e. The average molecular weight is 417 g/mol. The number of pyridine rings is 1. The lowest BCUT2D eigenvalue weighted by molar-refractivity contribution is -0.141. The molecule has 2 aromatic heterocycles. The van der Waals surface area contributed by atoms with Gasteiger partial charge in [-0.15, -0.1) is 0 Å². The lowest BCUT2D eigenvalue weighted by Crippen LogP contribution is -2.48. The van der Waals surface area contributed by atoms with Gasteiger partial charge in [0.1, 0.15) is 5.69 Å². The van der Waals surface area contributed by atoms with Crippen molar-refractivity contribution in [2.45, 2.75) is 51.4 Å². The number of hydrogen-bond acceptors (Lipinski definition) is 5. The third-order valence-corrected chi connectivity index (χ3v) is 6.31. The number of carbonyl (C=O) groups is 1. The highest BCUT2D eigenvalue weighted by atomic mass is 19.4. The van der Waals surface area contributed by atoms with Gasteiger partial charge in [0.15, 0.2) is 0 Å². The molecule has 1 saturated heterocycles. The molecular formula is C21H22F3N5O. The summed E-state index contributed by atoms with van der Waals surface area (Å²) in [6.07, 6.45) is 1.56. The molecule has 1 amide bonds. The molecule has 0 spiro atoms. The summed E-state index contributed by atoms with van der Waals surface area (Å²) in [5.41, 5.74) is 4.27. The number of amides is 1.